The number of piperazine rings is 1. The van der Waals surface area contributed by atoms with Gasteiger partial charge in [-0.25, -0.2) is 9.78 Å². The second-order valence-electron chi connectivity index (χ2n) is 10.0. The maximum Gasteiger partial charge on any atom is 0.496 e. The van der Waals surface area contributed by atoms with E-state index in [1.165, 1.54) is 0 Å². The van der Waals surface area contributed by atoms with Crippen LogP contribution in [-0.4, -0.2) is 65.6 Å². The highest BCUT2D eigenvalue weighted by molar-refractivity contribution is 6.62. The number of hydrogen-bond acceptors (Lipinski definition) is 6. The number of ether oxygens (including phenoxy) is 1. The Morgan fingerprint density at radius 2 is 1.79 bits per heavy atom. The first-order valence-electron chi connectivity index (χ1n) is 10.4. The summed E-state index contributed by atoms with van der Waals surface area (Å²) >= 11 is 0. The first-order chi connectivity index (χ1) is 13.3. The van der Waals surface area contributed by atoms with E-state index < -0.39 is 12.7 Å². The molecule has 3 rings (SSSR count). The maximum absolute atomic E-state index is 12.4. The lowest BCUT2D eigenvalue weighted by Crippen LogP contribution is -2.55. The van der Waals surface area contributed by atoms with Crippen LogP contribution >= 0.6 is 0 Å². The highest BCUT2D eigenvalue weighted by atomic mass is 16.7. The van der Waals surface area contributed by atoms with Crippen LogP contribution < -0.4 is 10.4 Å². The molecule has 0 aromatic carbocycles. The van der Waals surface area contributed by atoms with Crippen molar-refractivity contribution in [3.8, 4) is 0 Å². The van der Waals surface area contributed by atoms with Gasteiger partial charge in [0.15, 0.2) is 0 Å². The second-order valence-corrected chi connectivity index (χ2v) is 10.0. The standard InChI is InChI=1S/C21H34BN3O4/c1-15-14-24(11-12-25(15)18(26)27-19(2,3)4)17-10-9-16(13-23-17)22-28-20(5,6)21(7,8)29-22/h9-10,13,15H,11-12,14H2,1-8H3. The van der Waals surface area contributed by atoms with Crippen molar-refractivity contribution >= 4 is 24.5 Å². The summed E-state index contributed by atoms with van der Waals surface area (Å²) in [6.07, 6.45) is 1.57. The van der Waals surface area contributed by atoms with Gasteiger partial charge in [0, 0.05) is 37.3 Å². The van der Waals surface area contributed by atoms with Crippen LogP contribution in [0.3, 0.4) is 0 Å². The number of anilines is 1. The molecule has 160 valence electrons. The quantitative estimate of drug-likeness (QED) is 0.708. The predicted octanol–water partition coefficient (Wildman–Crippen LogP) is 2.83. The molecular formula is C21H34BN3O4. The van der Waals surface area contributed by atoms with Crippen LogP contribution in [0.25, 0.3) is 0 Å². The summed E-state index contributed by atoms with van der Waals surface area (Å²) in [6.45, 7) is 17.9. The van der Waals surface area contributed by atoms with Gasteiger partial charge in [-0.05, 0) is 61.5 Å². The van der Waals surface area contributed by atoms with Crippen molar-refractivity contribution in [3.63, 3.8) is 0 Å². The molecule has 2 saturated heterocycles. The fraction of sp³-hybridized carbons (Fsp3) is 0.714. The zero-order valence-corrected chi connectivity index (χ0v) is 19.0. The molecule has 2 fully saturated rings. The Balaban J connectivity index is 1.63. The van der Waals surface area contributed by atoms with Crippen molar-refractivity contribution < 1.29 is 18.8 Å². The van der Waals surface area contributed by atoms with Crippen molar-refractivity contribution in [2.75, 3.05) is 24.5 Å². The summed E-state index contributed by atoms with van der Waals surface area (Å²) in [6, 6.07) is 4.05. The molecule has 0 radical (unpaired) electrons. The largest absolute Gasteiger partial charge is 0.496 e. The second kappa shape index (κ2) is 7.47. The topological polar surface area (TPSA) is 64.1 Å². The zero-order valence-electron chi connectivity index (χ0n) is 19.0. The fourth-order valence-electron chi connectivity index (χ4n) is 3.46. The highest BCUT2D eigenvalue weighted by Crippen LogP contribution is 2.36. The molecule has 0 bridgehead atoms. The van der Waals surface area contributed by atoms with Gasteiger partial charge in [0.05, 0.1) is 11.2 Å². The van der Waals surface area contributed by atoms with Crippen LogP contribution in [-0.2, 0) is 14.0 Å². The molecule has 0 spiro atoms. The Morgan fingerprint density at radius 3 is 2.28 bits per heavy atom. The highest BCUT2D eigenvalue weighted by Gasteiger charge is 2.51. The van der Waals surface area contributed by atoms with E-state index in [0.717, 1.165) is 11.3 Å². The number of carbonyl (C=O) groups is 1. The monoisotopic (exact) mass is 403 g/mol. The van der Waals surface area contributed by atoms with Gasteiger partial charge >= 0.3 is 13.2 Å². The first-order valence-corrected chi connectivity index (χ1v) is 10.4. The third-order valence-corrected chi connectivity index (χ3v) is 5.88. The van der Waals surface area contributed by atoms with E-state index in [-0.39, 0.29) is 23.3 Å². The van der Waals surface area contributed by atoms with Crippen LogP contribution in [0.2, 0.25) is 0 Å². The van der Waals surface area contributed by atoms with Gasteiger partial charge in [-0.2, -0.15) is 0 Å². The van der Waals surface area contributed by atoms with E-state index in [1.54, 1.807) is 4.90 Å². The lowest BCUT2D eigenvalue weighted by atomic mass is 9.80. The summed E-state index contributed by atoms with van der Waals surface area (Å²) in [5.74, 6) is 0.890. The maximum atomic E-state index is 12.4. The van der Waals surface area contributed by atoms with Crippen LogP contribution in [0, 0.1) is 0 Å². The minimum atomic E-state index is -0.487. The summed E-state index contributed by atoms with van der Waals surface area (Å²) in [5, 5.41) is 0. The summed E-state index contributed by atoms with van der Waals surface area (Å²) in [5.41, 5.74) is -0.320. The van der Waals surface area contributed by atoms with E-state index in [1.807, 2.05) is 73.7 Å². The fourth-order valence-corrected chi connectivity index (χ4v) is 3.46. The molecule has 1 aromatic heterocycles. The Labute approximate surface area is 174 Å². The number of rotatable bonds is 2. The van der Waals surface area contributed by atoms with Gasteiger partial charge in [0.1, 0.15) is 11.4 Å². The molecule has 29 heavy (non-hydrogen) atoms. The van der Waals surface area contributed by atoms with Gasteiger partial charge < -0.3 is 23.8 Å². The molecule has 0 aliphatic carbocycles. The molecule has 0 saturated carbocycles. The SMILES string of the molecule is CC1CN(c2ccc(B3OC(C)(C)C(C)(C)O3)cn2)CCN1C(=O)OC(C)(C)C. The van der Waals surface area contributed by atoms with E-state index in [4.69, 9.17) is 14.0 Å². The van der Waals surface area contributed by atoms with Gasteiger partial charge in [0.2, 0.25) is 0 Å². The van der Waals surface area contributed by atoms with Crippen molar-refractivity contribution in [2.45, 2.75) is 78.2 Å². The van der Waals surface area contributed by atoms with Crippen LogP contribution in [0.1, 0.15) is 55.4 Å². The van der Waals surface area contributed by atoms with Crippen molar-refractivity contribution in [3.05, 3.63) is 18.3 Å². The summed E-state index contributed by atoms with van der Waals surface area (Å²) in [4.78, 5) is 21.0. The number of nitrogens with zero attached hydrogens (tertiary/aromatic N) is 3. The van der Waals surface area contributed by atoms with Crippen molar-refractivity contribution in [1.29, 1.82) is 0 Å². The van der Waals surface area contributed by atoms with Gasteiger partial charge in [-0.15, -0.1) is 0 Å². The van der Waals surface area contributed by atoms with Gasteiger partial charge in [-0.1, -0.05) is 6.07 Å². The average molecular weight is 403 g/mol. The first kappa shape index (κ1) is 21.9. The molecule has 2 aliphatic heterocycles. The number of amides is 1. The Kier molecular flexibility index (Phi) is 5.64. The van der Waals surface area contributed by atoms with Crippen LogP contribution in [0.15, 0.2) is 18.3 Å². The average Bonchev–Trinajstić information content (AvgIpc) is 2.81. The summed E-state index contributed by atoms with van der Waals surface area (Å²) in [7, 11) is -0.413. The van der Waals surface area contributed by atoms with Gasteiger partial charge in [0.25, 0.3) is 0 Å². The van der Waals surface area contributed by atoms with Crippen molar-refractivity contribution in [2.24, 2.45) is 0 Å². The molecule has 1 amide bonds. The summed E-state index contributed by atoms with van der Waals surface area (Å²) < 4.78 is 17.7. The van der Waals surface area contributed by atoms with E-state index >= 15 is 0 Å². The minimum Gasteiger partial charge on any atom is -0.444 e. The molecule has 2 aliphatic rings. The van der Waals surface area contributed by atoms with E-state index in [2.05, 4.69) is 9.88 Å². The minimum absolute atomic E-state index is 0.0446. The molecular weight excluding hydrogens is 369 g/mol. The van der Waals surface area contributed by atoms with Crippen LogP contribution in [0.5, 0.6) is 0 Å². The molecule has 1 unspecified atom stereocenters. The smallest absolute Gasteiger partial charge is 0.444 e. The van der Waals surface area contributed by atoms with E-state index in [9.17, 15) is 4.79 Å². The Bertz CT molecular complexity index is 729. The molecule has 3 heterocycles. The number of hydrogen-bond donors (Lipinski definition) is 0. The van der Waals surface area contributed by atoms with E-state index in [0.29, 0.717) is 19.6 Å². The Morgan fingerprint density at radius 1 is 1.17 bits per heavy atom. The van der Waals surface area contributed by atoms with Gasteiger partial charge in [-0.3, -0.25) is 0 Å². The third kappa shape index (κ3) is 4.69. The molecule has 1 atom stereocenters. The molecule has 8 heteroatoms. The van der Waals surface area contributed by atoms with Crippen LogP contribution in [0.4, 0.5) is 10.6 Å². The number of aromatic nitrogens is 1. The molecule has 7 nitrogen and oxygen atoms in total. The van der Waals surface area contributed by atoms with Crippen molar-refractivity contribution in [1.82, 2.24) is 9.88 Å². The lowest BCUT2D eigenvalue weighted by Gasteiger charge is -2.40. The molecule has 1 aromatic rings. The predicted molar refractivity (Wildman–Crippen MR) is 115 cm³/mol. The lowest BCUT2D eigenvalue weighted by molar-refractivity contribution is 0.00578. The Hall–Kier alpha value is -1.80. The molecule has 0 N–H and O–H groups in total. The number of pyridine rings is 1. The third-order valence-electron chi connectivity index (χ3n) is 5.88. The number of carbonyl (C=O) groups excluding carboxylic acids is 1. The zero-order chi connectivity index (χ0) is 21.6. The normalized spacial score (nSPS) is 24.0.